The summed E-state index contributed by atoms with van der Waals surface area (Å²) in [4.78, 5) is 51.5. The smallest absolute Gasteiger partial charge is 0.336 e. The Morgan fingerprint density at radius 2 is 1.70 bits per heavy atom. The summed E-state index contributed by atoms with van der Waals surface area (Å²) in [5, 5.41) is 52.4. The topological polar surface area (TPSA) is 213 Å². The van der Waals surface area contributed by atoms with Gasteiger partial charge < -0.3 is 50.6 Å². The Kier molecular flexibility index (Phi) is 13.9. The van der Waals surface area contributed by atoms with E-state index in [9.17, 15) is 39.6 Å². The van der Waals surface area contributed by atoms with Gasteiger partial charge in [0.25, 0.3) is 5.91 Å². The number of aryl methyl sites for hydroxylation is 2. The summed E-state index contributed by atoms with van der Waals surface area (Å²) in [6.45, 7) is 5.84. The summed E-state index contributed by atoms with van der Waals surface area (Å²) in [6, 6.07) is 9.30. The van der Waals surface area contributed by atoms with Crippen molar-refractivity contribution in [3.05, 3.63) is 70.3 Å². The zero-order chi connectivity index (χ0) is 39.0. The zero-order valence-electron chi connectivity index (χ0n) is 31.1. The van der Waals surface area contributed by atoms with Crippen LogP contribution in [0.4, 0.5) is 0 Å². The zero-order valence-corrected chi connectivity index (χ0v) is 31.1. The molecule has 7 N–H and O–H groups in total. The molecule has 4 aliphatic heterocycles. The fraction of sp³-hybridized carbons (Fsp3) is 0.550. The lowest BCUT2D eigenvalue weighted by molar-refractivity contribution is -0.226. The molecule has 3 amide bonds. The van der Waals surface area contributed by atoms with Gasteiger partial charge in [-0.05, 0) is 86.4 Å². The maximum absolute atomic E-state index is 13.4. The number of carbonyl (C=O) groups excluding carboxylic acids is 3. The molecule has 2 aromatic rings. The minimum Gasteiger partial charge on any atom is -0.493 e. The molecule has 54 heavy (non-hydrogen) atoms. The van der Waals surface area contributed by atoms with Crippen molar-refractivity contribution in [1.29, 1.82) is 0 Å². The van der Waals surface area contributed by atoms with Gasteiger partial charge >= 0.3 is 5.97 Å². The molecule has 2 saturated heterocycles. The fourth-order valence-electron chi connectivity index (χ4n) is 7.51. The highest BCUT2D eigenvalue weighted by atomic mass is 16.6. The third-order valence-electron chi connectivity index (χ3n) is 10.4. The van der Waals surface area contributed by atoms with Gasteiger partial charge in [-0.15, -0.1) is 0 Å². The van der Waals surface area contributed by atoms with Crippen LogP contribution in [-0.4, -0.2) is 107 Å². The van der Waals surface area contributed by atoms with E-state index < -0.39 is 66.8 Å². The number of fused-ring (bicyclic) bond motifs is 12. The maximum atomic E-state index is 13.4. The molecule has 0 aliphatic carbocycles. The van der Waals surface area contributed by atoms with Gasteiger partial charge in [-0.2, -0.15) is 0 Å². The maximum Gasteiger partial charge on any atom is 0.336 e. The number of benzene rings is 2. The molecule has 6 rings (SSSR count). The number of hydrogen-bond donors (Lipinski definition) is 7. The summed E-state index contributed by atoms with van der Waals surface area (Å²) >= 11 is 0. The van der Waals surface area contributed by atoms with Crippen LogP contribution in [0.2, 0.25) is 0 Å². The fourth-order valence-corrected chi connectivity index (χ4v) is 7.51. The minimum absolute atomic E-state index is 0.0729. The Morgan fingerprint density at radius 1 is 0.944 bits per heavy atom. The van der Waals surface area contributed by atoms with Crippen LogP contribution in [0.15, 0.2) is 42.5 Å². The van der Waals surface area contributed by atoms with Crippen molar-refractivity contribution in [3.8, 4) is 5.75 Å². The predicted octanol–water partition coefficient (Wildman–Crippen LogP) is 2.48. The van der Waals surface area contributed by atoms with Gasteiger partial charge in [0.05, 0.1) is 43.4 Å². The molecule has 4 heterocycles. The van der Waals surface area contributed by atoms with E-state index in [0.717, 1.165) is 41.5 Å². The second kappa shape index (κ2) is 18.3. The van der Waals surface area contributed by atoms with Crippen LogP contribution < -0.4 is 20.7 Å². The number of nitrogens with one attached hydrogen (secondary N) is 3. The number of ether oxygens (including phenoxy) is 3. The Labute approximate surface area is 315 Å². The van der Waals surface area contributed by atoms with Crippen molar-refractivity contribution in [2.75, 3.05) is 26.4 Å². The minimum atomic E-state index is -2.04. The van der Waals surface area contributed by atoms with Crippen LogP contribution in [0, 0.1) is 19.8 Å². The number of rotatable bonds is 4. The third kappa shape index (κ3) is 10.0. The lowest BCUT2D eigenvalue weighted by Crippen LogP contribution is -2.67. The van der Waals surface area contributed by atoms with Crippen molar-refractivity contribution in [2.45, 2.75) is 108 Å². The molecule has 0 unspecified atom stereocenters. The van der Waals surface area contributed by atoms with Crippen LogP contribution in [0.3, 0.4) is 0 Å². The highest BCUT2D eigenvalue weighted by molar-refractivity contribution is 5.95. The average molecular weight is 752 g/mol. The number of aliphatic hydroxyl groups is 3. The molecule has 2 fully saturated rings. The number of amides is 3. The Morgan fingerprint density at radius 3 is 2.39 bits per heavy atom. The predicted molar refractivity (Wildman–Crippen MR) is 198 cm³/mol. The lowest BCUT2D eigenvalue weighted by Gasteiger charge is -2.47. The van der Waals surface area contributed by atoms with Gasteiger partial charge in [-0.1, -0.05) is 30.4 Å². The number of aliphatic hydroxyl groups excluding tert-OH is 3. The first-order valence-corrected chi connectivity index (χ1v) is 18.7. The normalized spacial score (nSPS) is 30.5. The summed E-state index contributed by atoms with van der Waals surface area (Å²) in [5.74, 6) is -2.17. The van der Waals surface area contributed by atoms with Gasteiger partial charge in [0.2, 0.25) is 11.8 Å². The first-order valence-electron chi connectivity index (χ1n) is 18.7. The van der Waals surface area contributed by atoms with E-state index in [1.165, 1.54) is 6.92 Å². The SMILES string of the molecule is CC(=O)N[C@H]1[C@H]2O[C@](C(=O)O)(C/C=C/c3cccc(c3)[C@@H](NC(=O)[C@@H]3CCCOC3)CCCCOc3c(C)cc(cc3C)C(=O)NC[C@@H](O)[C@H]2O)C[C@@H]1O. The largest absolute Gasteiger partial charge is 0.493 e. The number of carbonyl (C=O) groups is 4. The molecule has 14 nitrogen and oxygen atoms in total. The molecule has 0 saturated carbocycles. The summed E-state index contributed by atoms with van der Waals surface area (Å²) in [6.07, 6.45) is -0.243. The van der Waals surface area contributed by atoms with E-state index in [2.05, 4.69) is 16.0 Å². The van der Waals surface area contributed by atoms with Gasteiger partial charge in [0, 0.05) is 38.5 Å². The van der Waals surface area contributed by atoms with Crippen molar-refractivity contribution in [1.82, 2.24) is 16.0 Å². The van der Waals surface area contributed by atoms with E-state index >= 15 is 0 Å². The van der Waals surface area contributed by atoms with Crippen molar-refractivity contribution < 1.29 is 53.8 Å². The quantitative estimate of drug-likeness (QED) is 0.241. The lowest BCUT2D eigenvalue weighted by atomic mass is 9.81. The van der Waals surface area contributed by atoms with Crippen LogP contribution in [0.25, 0.3) is 6.08 Å². The van der Waals surface area contributed by atoms with E-state index in [4.69, 9.17) is 14.2 Å². The molecule has 294 valence electrons. The third-order valence-corrected chi connectivity index (χ3v) is 10.4. The van der Waals surface area contributed by atoms with Crippen LogP contribution in [-0.2, 0) is 23.9 Å². The Bertz CT molecular complexity index is 1670. The van der Waals surface area contributed by atoms with Gasteiger partial charge in [-0.3, -0.25) is 14.4 Å². The van der Waals surface area contributed by atoms with Crippen molar-refractivity contribution in [3.63, 3.8) is 0 Å². The van der Waals surface area contributed by atoms with Crippen molar-refractivity contribution >= 4 is 29.8 Å². The summed E-state index contributed by atoms with van der Waals surface area (Å²) in [7, 11) is 0. The monoisotopic (exact) mass is 751 g/mol. The second-order valence-corrected chi connectivity index (χ2v) is 14.7. The van der Waals surface area contributed by atoms with E-state index in [1.54, 1.807) is 24.3 Å². The molecular formula is C40H53N3O11. The highest BCUT2D eigenvalue weighted by Gasteiger charge is 2.54. The average Bonchev–Trinajstić information content (AvgIpc) is 3.14. The molecule has 8 atom stereocenters. The van der Waals surface area contributed by atoms with Gasteiger partial charge in [0.15, 0.2) is 5.60 Å². The molecule has 14 heteroatoms. The van der Waals surface area contributed by atoms with Crippen molar-refractivity contribution in [2.24, 2.45) is 5.92 Å². The van der Waals surface area contributed by atoms with Crippen LogP contribution in [0.1, 0.15) is 90.5 Å². The van der Waals surface area contributed by atoms with Gasteiger partial charge in [0.1, 0.15) is 18.0 Å². The highest BCUT2D eigenvalue weighted by Crippen LogP contribution is 2.36. The molecule has 0 radical (unpaired) electrons. The number of aliphatic carboxylic acids is 1. The molecule has 0 spiro atoms. The van der Waals surface area contributed by atoms with E-state index in [1.807, 2.05) is 38.1 Å². The van der Waals surface area contributed by atoms with E-state index in [0.29, 0.717) is 44.0 Å². The van der Waals surface area contributed by atoms with Crippen LogP contribution in [0.5, 0.6) is 5.75 Å². The summed E-state index contributed by atoms with van der Waals surface area (Å²) < 4.78 is 17.8. The number of carboxylic acids is 1. The number of carboxylic acid groups (broad SMARTS) is 1. The second-order valence-electron chi connectivity index (χ2n) is 14.7. The standard InChI is InChI=1S/C40H53N3O11/c1-23-17-29-18-24(2)35(23)53-16-5-4-13-30(43-38(49)28-12-8-15-52-22-28)27-11-6-9-26(19-27)10-7-14-40(39(50)51)20-31(45)33(42-25(3)44)36(54-40)34(47)32(46)21-41-37(29)48/h6-7,9-11,17-19,28,30-34,36,45-47H,4-5,8,12-16,20-22H2,1-3H3,(H,41,48)(H,42,44)(H,43,49)(H,50,51)/b10-7+/t28-,30+,31+,32-,33-,34-,36-,40-/m1/s1. The molecular weight excluding hydrogens is 698 g/mol. The molecule has 2 aromatic carbocycles. The number of hydrogen-bond acceptors (Lipinski definition) is 10. The molecule has 0 aromatic heterocycles. The first-order chi connectivity index (χ1) is 25.8. The molecule has 4 aliphatic rings. The van der Waals surface area contributed by atoms with Crippen LogP contribution >= 0.6 is 0 Å². The Hall–Kier alpha value is -4.34. The molecule has 6 bridgehead atoms. The Balaban J connectivity index is 1.48. The first kappa shape index (κ1) is 40.8. The summed E-state index contributed by atoms with van der Waals surface area (Å²) in [5.41, 5.74) is 1.32. The van der Waals surface area contributed by atoms with Gasteiger partial charge in [-0.25, -0.2) is 4.79 Å². The van der Waals surface area contributed by atoms with E-state index in [-0.39, 0.29) is 24.3 Å².